The van der Waals surface area contributed by atoms with Gasteiger partial charge in [-0.25, -0.2) is 0 Å². The van der Waals surface area contributed by atoms with Crippen molar-refractivity contribution in [3.05, 3.63) is 0 Å². The Morgan fingerprint density at radius 1 is 1.10 bits per heavy atom. The number of piperazine rings is 1. The van der Waals surface area contributed by atoms with Gasteiger partial charge in [-0.1, -0.05) is 33.1 Å². The summed E-state index contributed by atoms with van der Waals surface area (Å²) in [7, 11) is 0. The molecule has 1 heterocycles. The van der Waals surface area contributed by atoms with E-state index in [0.29, 0.717) is 0 Å². The molecule has 20 heavy (non-hydrogen) atoms. The van der Waals surface area contributed by atoms with Crippen molar-refractivity contribution in [2.75, 3.05) is 0 Å². The first-order valence-corrected chi connectivity index (χ1v) is 7.85. The lowest BCUT2D eigenvalue weighted by molar-refractivity contribution is -0.165. The minimum atomic E-state index is -0.789. The molecule has 114 valence electrons. The molecule has 1 saturated carbocycles. The van der Waals surface area contributed by atoms with Gasteiger partial charge in [0.25, 0.3) is 0 Å². The Labute approximate surface area is 122 Å². The van der Waals surface area contributed by atoms with Crippen molar-refractivity contribution >= 4 is 11.8 Å². The van der Waals surface area contributed by atoms with Crippen LogP contribution < -0.4 is 5.32 Å². The molecule has 4 heteroatoms. The quantitative estimate of drug-likeness (QED) is 0.844. The van der Waals surface area contributed by atoms with Gasteiger partial charge >= 0.3 is 0 Å². The fourth-order valence-corrected chi connectivity index (χ4v) is 3.72. The maximum atomic E-state index is 12.9. The van der Waals surface area contributed by atoms with E-state index in [2.05, 4.69) is 12.2 Å². The van der Waals surface area contributed by atoms with Crippen LogP contribution in [-0.2, 0) is 9.59 Å². The fourth-order valence-electron chi connectivity index (χ4n) is 3.72. The number of carbonyl (C=O) groups excluding carboxylic acids is 2. The summed E-state index contributed by atoms with van der Waals surface area (Å²) in [6.07, 6.45) is 5.54. The van der Waals surface area contributed by atoms with Gasteiger partial charge < -0.3 is 10.2 Å². The van der Waals surface area contributed by atoms with Crippen LogP contribution in [0, 0.1) is 5.92 Å². The van der Waals surface area contributed by atoms with E-state index >= 15 is 0 Å². The Balaban J connectivity index is 2.41. The molecule has 1 aliphatic carbocycles. The second kappa shape index (κ2) is 5.05. The Bertz CT molecular complexity index is 409. The highest BCUT2D eigenvalue weighted by molar-refractivity contribution is 5.99. The van der Waals surface area contributed by atoms with E-state index in [-0.39, 0.29) is 29.3 Å². The van der Waals surface area contributed by atoms with Gasteiger partial charge in [-0.15, -0.1) is 0 Å². The van der Waals surface area contributed by atoms with E-state index in [1.54, 1.807) is 0 Å². The van der Waals surface area contributed by atoms with Crippen molar-refractivity contribution in [1.29, 1.82) is 0 Å². The van der Waals surface area contributed by atoms with Gasteiger partial charge in [-0.3, -0.25) is 9.59 Å². The zero-order valence-electron chi connectivity index (χ0n) is 13.5. The summed E-state index contributed by atoms with van der Waals surface area (Å²) in [4.78, 5) is 27.3. The van der Waals surface area contributed by atoms with Gasteiger partial charge in [-0.05, 0) is 39.5 Å². The van der Waals surface area contributed by atoms with Crippen LogP contribution in [0.2, 0.25) is 0 Å². The van der Waals surface area contributed by atoms with E-state index in [0.717, 1.165) is 25.7 Å². The molecule has 0 aromatic heterocycles. The third-order valence-corrected chi connectivity index (χ3v) is 4.88. The molecule has 4 nitrogen and oxygen atoms in total. The van der Waals surface area contributed by atoms with E-state index in [4.69, 9.17) is 0 Å². The highest BCUT2D eigenvalue weighted by Crippen LogP contribution is 2.39. The number of rotatable bonds is 2. The average Bonchev–Trinajstić information content (AvgIpc) is 2.33. The van der Waals surface area contributed by atoms with Crippen LogP contribution in [0.1, 0.15) is 66.7 Å². The largest absolute Gasteiger partial charge is 0.340 e. The first kappa shape index (κ1) is 15.3. The molecule has 2 fully saturated rings. The summed E-state index contributed by atoms with van der Waals surface area (Å²) in [5, 5.41) is 2.89. The SMILES string of the molecule is CC(C)C1C(=O)NC(C)(C)C(=O)N1C1(C)CCCCC1. The first-order valence-electron chi connectivity index (χ1n) is 7.85. The fraction of sp³-hybridized carbons (Fsp3) is 0.875. The molecule has 1 unspecified atom stereocenters. The summed E-state index contributed by atoms with van der Waals surface area (Å²) >= 11 is 0. The van der Waals surface area contributed by atoms with Crippen LogP contribution in [0.4, 0.5) is 0 Å². The van der Waals surface area contributed by atoms with Gasteiger partial charge in [0.05, 0.1) is 0 Å². The molecule has 1 aliphatic heterocycles. The minimum Gasteiger partial charge on any atom is -0.340 e. The molecule has 0 aromatic rings. The van der Waals surface area contributed by atoms with Crippen molar-refractivity contribution < 1.29 is 9.59 Å². The lowest BCUT2D eigenvalue weighted by Gasteiger charge is -2.54. The van der Waals surface area contributed by atoms with E-state index in [1.165, 1.54) is 6.42 Å². The molecule has 2 amide bonds. The summed E-state index contributed by atoms with van der Waals surface area (Å²) < 4.78 is 0. The molecular weight excluding hydrogens is 252 g/mol. The Morgan fingerprint density at radius 3 is 2.15 bits per heavy atom. The lowest BCUT2D eigenvalue weighted by atomic mass is 9.77. The molecule has 2 rings (SSSR count). The minimum absolute atomic E-state index is 0.00333. The van der Waals surface area contributed by atoms with Crippen LogP contribution in [0.3, 0.4) is 0 Å². The summed E-state index contributed by atoms with van der Waals surface area (Å²) in [6, 6.07) is -0.335. The summed E-state index contributed by atoms with van der Waals surface area (Å²) in [6.45, 7) is 9.82. The molecule has 0 radical (unpaired) electrons. The van der Waals surface area contributed by atoms with Crippen molar-refractivity contribution in [3.63, 3.8) is 0 Å². The predicted molar refractivity (Wildman–Crippen MR) is 79.2 cm³/mol. The van der Waals surface area contributed by atoms with Crippen LogP contribution in [0.15, 0.2) is 0 Å². The summed E-state index contributed by atoms with van der Waals surface area (Å²) in [5.41, 5.74) is -0.956. The monoisotopic (exact) mass is 280 g/mol. The van der Waals surface area contributed by atoms with Crippen molar-refractivity contribution in [2.24, 2.45) is 5.92 Å². The standard InChI is InChI=1S/C16H28N2O2/c1-11(2)12-13(19)17-15(3,4)14(20)18(12)16(5)9-7-6-8-10-16/h11-12H,6-10H2,1-5H3,(H,17,19). The maximum Gasteiger partial charge on any atom is 0.248 e. The van der Waals surface area contributed by atoms with Crippen LogP contribution in [0.25, 0.3) is 0 Å². The average molecular weight is 280 g/mol. The van der Waals surface area contributed by atoms with Crippen molar-refractivity contribution in [3.8, 4) is 0 Å². The van der Waals surface area contributed by atoms with Crippen LogP contribution in [-0.4, -0.2) is 33.8 Å². The number of nitrogens with one attached hydrogen (secondary N) is 1. The molecule has 0 spiro atoms. The molecular formula is C16H28N2O2. The topological polar surface area (TPSA) is 49.4 Å². The number of hydrogen-bond acceptors (Lipinski definition) is 2. The highest BCUT2D eigenvalue weighted by atomic mass is 16.2. The Morgan fingerprint density at radius 2 is 1.65 bits per heavy atom. The number of hydrogen-bond donors (Lipinski definition) is 1. The second-order valence-electron chi connectivity index (χ2n) is 7.54. The smallest absolute Gasteiger partial charge is 0.248 e. The van der Waals surface area contributed by atoms with Gasteiger partial charge in [0.1, 0.15) is 11.6 Å². The Hall–Kier alpha value is -1.06. The molecule has 2 aliphatic rings. The molecule has 1 N–H and O–H groups in total. The maximum absolute atomic E-state index is 12.9. The second-order valence-corrected chi connectivity index (χ2v) is 7.54. The van der Waals surface area contributed by atoms with E-state index < -0.39 is 5.54 Å². The Kier molecular flexibility index (Phi) is 3.87. The highest BCUT2D eigenvalue weighted by Gasteiger charge is 2.52. The van der Waals surface area contributed by atoms with Crippen molar-refractivity contribution in [2.45, 2.75) is 83.8 Å². The van der Waals surface area contributed by atoms with Gasteiger partial charge in [-0.2, -0.15) is 0 Å². The normalized spacial score (nSPS) is 29.5. The third kappa shape index (κ3) is 2.45. The molecule has 0 bridgehead atoms. The molecule has 1 saturated heterocycles. The lowest BCUT2D eigenvalue weighted by Crippen LogP contribution is -2.73. The van der Waals surface area contributed by atoms with E-state index in [9.17, 15) is 9.59 Å². The molecule has 0 aromatic carbocycles. The van der Waals surface area contributed by atoms with Crippen LogP contribution >= 0.6 is 0 Å². The molecule has 1 atom stereocenters. The van der Waals surface area contributed by atoms with Gasteiger partial charge in [0, 0.05) is 5.54 Å². The summed E-state index contributed by atoms with van der Waals surface area (Å²) in [5.74, 6) is 0.199. The predicted octanol–water partition coefficient (Wildman–Crippen LogP) is 2.47. The van der Waals surface area contributed by atoms with Crippen molar-refractivity contribution in [1.82, 2.24) is 10.2 Å². The third-order valence-electron chi connectivity index (χ3n) is 4.88. The van der Waals surface area contributed by atoms with Gasteiger partial charge in [0.2, 0.25) is 11.8 Å². The first-order chi connectivity index (χ1) is 9.19. The number of amides is 2. The van der Waals surface area contributed by atoms with Crippen LogP contribution in [0.5, 0.6) is 0 Å². The number of nitrogens with zero attached hydrogens (tertiary/aromatic N) is 1. The van der Waals surface area contributed by atoms with Gasteiger partial charge in [0.15, 0.2) is 0 Å². The number of carbonyl (C=O) groups is 2. The zero-order valence-corrected chi connectivity index (χ0v) is 13.5. The zero-order chi connectivity index (χ0) is 15.1. The van der Waals surface area contributed by atoms with E-state index in [1.807, 2.05) is 32.6 Å².